The molecule has 0 unspecified atom stereocenters. The molecule has 0 fully saturated rings. The van der Waals surface area contributed by atoms with Gasteiger partial charge in [-0.25, -0.2) is 4.79 Å². The topological polar surface area (TPSA) is 82.1 Å². The first-order chi connectivity index (χ1) is 10.5. The molecule has 0 bridgehead atoms. The van der Waals surface area contributed by atoms with Crippen molar-refractivity contribution in [2.75, 3.05) is 20.4 Å². The largest absolute Gasteiger partial charge is 0.467 e. The summed E-state index contributed by atoms with van der Waals surface area (Å²) >= 11 is 0. The number of nitrogens with zero attached hydrogens (tertiary/aromatic N) is 1. The van der Waals surface area contributed by atoms with Crippen molar-refractivity contribution in [2.24, 2.45) is 0 Å². The van der Waals surface area contributed by atoms with Crippen LogP contribution in [0.4, 0.5) is 0 Å². The first-order valence-corrected chi connectivity index (χ1v) is 6.92. The summed E-state index contributed by atoms with van der Waals surface area (Å²) < 4.78 is 15.3. The number of amides is 1. The van der Waals surface area contributed by atoms with Crippen LogP contribution in [0.15, 0.2) is 6.07 Å². The van der Waals surface area contributed by atoms with Crippen LogP contribution in [-0.2, 0) is 27.2 Å². The minimum Gasteiger partial charge on any atom is -0.467 e. The number of esters is 2. The van der Waals surface area contributed by atoms with Crippen LogP contribution in [0.5, 0.6) is 5.75 Å². The number of rotatable bonds is 4. The van der Waals surface area contributed by atoms with Gasteiger partial charge >= 0.3 is 11.9 Å². The van der Waals surface area contributed by atoms with Gasteiger partial charge in [0.15, 0.2) is 6.79 Å². The van der Waals surface area contributed by atoms with Gasteiger partial charge in [-0.05, 0) is 18.6 Å². The van der Waals surface area contributed by atoms with Crippen molar-refractivity contribution in [2.45, 2.75) is 19.9 Å². The number of fused-ring (bicyclic) bond motifs is 3. The minimum absolute atomic E-state index is 0.00286. The Bertz CT molecular complexity index is 681. The number of hydrogen-bond donors (Lipinski definition) is 0. The predicted octanol–water partition coefficient (Wildman–Crippen LogP) is 0.885. The number of hydrogen-bond acceptors (Lipinski definition) is 6. The Morgan fingerprint density at radius 3 is 2.77 bits per heavy atom. The molecule has 1 amide bonds. The number of carbonyl (C=O) groups excluding carboxylic acids is 3. The molecule has 1 aromatic carbocycles. The van der Waals surface area contributed by atoms with Gasteiger partial charge in [0.05, 0.1) is 17.5 Å². The second kappa shape index (κ2) is 5.42. The molecule has 0 aromatic heterocycles. The number of carbonyl (C=O) groups is 3. The molecule has 116 valence electrons. The number of benzene rings is 1. The van der Waals surface area contributed by atoms with Gasteiger partial charge in [-0.15, -0.1) is 0 Å². The fourth-order valence-electron chi connectivity index (χ4n) is 2.70. The molecular formula is C15H15NO6. The first kappa shape index (κ1) is 14.5. The van der Waals surface area contributed by atoms with Crippen LogP contribution >= 0.6 is 0 Å². The maximum absolute atomic E-state index is 12.3. The highest BCUT2D eigenvalue weighted by molar-refractivity contribution is 6.09. The Balaban J connectivity index is 2.11. The molecule has 0 atom stereocenters. The van der Waals surface area contributed by atoms with Crippen LogP contribution in [0.2, 0.25) is 0 Å². The monoisotopic (exact) mass is 305 g/mol. The van der Waals surface area contributed by atoms with Gasteiger partial charge in [-0.2, -0.15) is 0 Å². The minimum atomic E-state index is -0.707. The molecule has 2 heterocycles. The van der Waals surface area contributed by atoms with E-state index in [1.165, 1.54) is 4.90 Å². The molecule has 22 heavy (non-hydrogen) atoms. The summed E-state index contributed by atoms with van der Waals surface area (Å²) in [6.07, 6.45) is -0.0166. The van der Waals surface area contributed by atoms with Crippen molar-refractivity contribution in [3.8, 4) is 5.75 Å². The summed E-state index contributed by atoms with van der Waals surface area (Å²) in [7, 11) is 1.64. The molecule has 7 nitrogen and oxygen atoms in total. The van der Waals surface area contributed by atoms with Crippen LogP contribution in [0.25, 0.3) is 0 Å². The van der Waals surface area contributed by atoms with Crippen molar-refractivity contribution in [1.29, 1.82) is 0 Å². The van der Waals surface area contributed by atoms with E-state index in [4.69, 9.17) is 9.47 Å². The normalized spacial score (nSPS) is 16.5. The second-order valence-electron chi connectivity index (χ2n) is 5.12. The molecule has 2 aliphatic rings. The molecule has 0 aliphatic carbocycles. The number of ether oxygens (including phenoxy) is 3. The third kappa shape index (κ3) is 2.23. The van der Waals surface area contributed by atoms with Crippen LogP contribution in [-0.4, -0.2) is 43.2 Å². The van der Waals surface area contributed by atoms with E-state index in [-0.39, 0.29) is 25.7 Å². The average molecular weight is 305 g/mol. The molecule has 0 saturated carbocycles. The predicted molar refractivity (Wildman–Crippen MR) is 73.5 cm³/mol. The quantitative estimate of drug-likeness (QED) is 0.355. The molecule has 0 spiro atoms. The molecule has 7 heteroatoms. The van der Waals surface area contributed by atoms with E-state index in [9.17, 15) is 14.4 Å². The first-order valence-electron chi connectivity index (χ1n) is 6.92. The van der Waals surface area contributed by atoms with Crippen LogP contribution in [0, 0.1) is 0 Å². The van der Waals surface area contributed by atoms with Crippen LogP contribution in [0.3, 0.4) is 0 Å². The van der Waals surface area contributed by atoms with Crippen LogP contribution < -0.4 is 4.74 Å². The summed E-state index contributed by atoms with van der Waals surface area (Å²) in [5, 5.41) is 0. The molecule has 0 radical (unpaired) electrons. The lowest BCUT2D eigenvalue weighted by Gasteiger charge is -2.19. The third-order valence-electron chi connectivity index (χ3n) is 3.68. The average Bonchev–Trinajstić information content (AvgIpc) is 2.74. The zero-order chi connectivity index (χ0) is 15.9. The van der Waals surface area contributed by atoms with Gasteiger partial charge in [0.25, 0.3) is 5.91 Å². The van der Waals surface area contributed by atoms with Crippen molar-refractivity contribution in [1.82, 2.24) is 4.90 Å². The third-order valence-corrected chi connectivity index (χ3v) is 3.68. The van der Waals surface area contributed by atoms with E-state index >= 15 is 0 Å². The fourth-order valence-corrected chi connectivity index (χ4v) is 2.70. The molecule has 1 aromatic rings. The highest BCUT2D eigenvalue weighted by Gasteiger charge is 2.38. The van der Waals surface area contributed by atoms with Gasteiger partial charge in [0.1, 0.15) is 5.75 Å². The second-order valence-corrected chi connectivity index (χ2v) is 5.12. The maximum Gasteiger partial charge on any atom is 0.346 e. The zero-order valence-electron chi connectivity index (χ0n) is 12.3. The standard InChI is InChI=1S/C15H15NO6/c1-3-20-7-21-10-4-8-5-11(17)22-15(19)12(8)9-6-16(2)14(18)13(9)10/h4H,3,5-7H2,1-2H3. The fraction of sp³-hybridized carbons (Fsp3) is 0.400. The highest BCUT2D eigenvalue weighted by Crippen LogP contribution is 2.37. The summed E-state index contributed by atoms with van der Waals surface area (Å²) in [5.41, 5.74) is 1.71. The summed E-state index contributed by atoms with van der Waals surface area (Å²) in [6, 6.07) is 1.56. The maximum atomic E-state index is 12.3. The van der Waals surface area contributed by atoms with Crippen molar-refractivity contribution in [3.63, 3.8) is 0 Å². The Morgan fingerprint density at radius 1 is 1.27 bits per heavy atom. The Kier molecular flexibility index (Phi) is 3.58. The van der Waals surface area contributed by atoms with Crippen LogP contribution in [0.1, 0.15) is 38.8 Å². The highest BCUT2D eigenvalue weighted by atomic mass is 16.7. The lowest BCUT2D eigenvalue weighted by Crippen LogP contribution is -2.25. The Morgan fingerprint density at radius 2 is 2.05 bits per heavy atom. The zero-order valence-corrected chi connectivity index (χ0v) is 12.3. The van der Waals surface area contributed by atoms with E-state index in [0.717, 1.165) is 0 Å². The molecular weight excluding hydrogens is 290 g/mol. The van der Waals surface area contributed by atoms with Gasteiger partial charge in [0, 0.05) is 25.8 Å². The van der Waals surface area contributed by atoms with E-state index < -0.39 is 11.9 Å². The molecule has 0 saturated heterocycles. The lowest BCUT2D eigenvalue weighted by molar-refractivity contribution is -0.137. The van der Waals surface area contributed by atoms with Crippen molar-refractivity contribution < 1.29 is 28.6 Å². The van der Waals surface area contributed by atoms with Crippen molar-refractivity contribution >= 4 is 17.8 Å². The summed E-state index contributed by atoms with van der Waals surface area (Å²) in [5.74, 6) is -1.21. The lowest BCUT2D eigenvalue weighted by atomic mass is 9.93. The Labute approximate surface area is 126 Å². The van der Waals surface area contributed by atoms with Gasteiger partial charge in [0.2, 0.25) is 0 Å². The van der Waals surface area contributed by atoms with Gasteiger partial charge in [-0.1, -0.05) is 0 Å². The van der Waals surface area contributed by atoms with E-state index in [2.05, 4.69) is 4.74 Å². The van der Waals surface area contributed by atoms with E-state index in [1.54, 1.807) is 13.1 Å². The van der Waals surface area contributed by atoms with E-state index in [0.29, 0.717) is 34.6 Å². The molecule has 3 rings (SSSR count). The smallest absolute Gasteiger partial charge is 0.346 e. The molecule has 2 aliphatic heterocycles. The SMILES string of the molecule is CCOCOc1cc2c(c3c1C(=O)N(C)C3)C(=O)OC(=O)C2. The van der Waals surface area contributed by atoms with Gasteiger partial charge < -0.3 is 19.1 Å². The molecule has 0 N–H and O–H groups in total. The van der Waals surface area contributed by atoms with Gasteiger partial charge in [-0.3, -0.25) is 9.59 Å². The summed E-state index contributed by atoms with van der Waals surface area (Å²) in [6.45, 7) is 2.59. The van der Waals surface area contributed by atoms with E-state index in [1.807, 2.05) is 6.92 Å². The summed E-state index contributed by atoms with van der Waals surface area (Å²) in [4.78, 5) is 37.2. The van der Waals surface area contributed by atoms with Crippen molar-refractivity contribution in [3.05, 3.63) is 28.3 Å². The Hall–Kier alpha value is -2.41. The number of cyclic esters (lactones) is 2.